The van der Waals surface area contributed by atoms with Crippen LogP contribution in [0.15, 0.2) is 91.5 Å². The zero-order valence-electron chi connectivity index (χ0n) is 15.8. The average molecular weight is 461 g/mol. The molecule has 2 heterocycles. The summed E-state index contributed by atoms with van der Waals surface area (Å²) in [6.07, 6.45) is 0.405. The first-order valence-corrected chi connectivity index (χ1v) is 10.3. The monoisotopic (exact) mass is 460 g/mol. The van der Waals surface area contributed by atoms with E-state index in [1.54, 1.807) is 24.3 Å². The lowest BCUT2D eigenvalue weighted by Crippen LogP contribution is -2.19. The van der Waals surface area contributed by atoms with Crippen molar-refractivity contribution in [2.75, 3.05) is 5.32 Å². The number of benzene rings is 3. The van der Waals surface area contributed by atoms with Crippen LogP contribution in [-0.4, -0.2) is 10.8 Å². The van der Waals surface area contributed by atoms with Gasteiger partial charge in [0.25, 0.3) is 0 Å². The zero-order valence-corrected chi connectivity index (χ0v) is 17.4. The number of aromatic hydroxyl groups is 1. The lowest BCUT2D eigenvalue weighted by atomic mass is 9.97. The van der Waals surface area contributed by atoms with Crippen LogP contribution in [-0.2, 0) is 0 Å². The molecule has 0 spiro atoms. The van der Waals surface area contributed by atoms with Gasteiger partial charge in [-0.15, -0.1) is 0 Å². The van der Waals surface area contributed by atoms with Crippen LogP contribution in [0.1, 0.15) is 23.6 Å². The summed E-state index contributed by atoms with van der Waals surface area (Å²) in [5.41, 5.74) is 2.94. The van der Waals surface area contributed by atoms with Gasteiger partial charge in [0.1, 0.15) is 16.9 Å². The fourth-order valence-corrected chi connectivity index (χ4v) is 4.20. The summed E-state index contributed by atoms with van der Waals surface area (Å²) < 4.78 is 6.46. The maximum atomic E-state index is 12.8. The Morgan fingerprint density at radius 2 is 1.83 bits per heavy atom. The Balaban J connectivity index is 1.72. The molecule has 1 aliphatic rings. The van der Waals surface area contributed by atoms with Crippen molar-refractivity contribution in [2.24, 2.45) is 4.99 Å². The minimum absolute atomic E-state index is 0.104. The van der Waals surface area contributed by atoms with Crippen molar-refractivity contribution in [3.8, 4) is 5.75 Å². The standard InChI is InChI=1S/C24H17BrN2O3/c25-15-7-5-6-14(12-15)19-13-20(27-18-10-3-2-9-17(18)26-19)22-23(28)16-8-1-4-11-21(16)30-24(22)29/h1-12,19,26,28H,13H2. The van der Waals surface area contributed by atoms with Crippen LogP contribution in [0.25, 0.3) is 11.0 Å². The Kier molecular flexibility index (Phi) is 4.64. The van der Waals surface area contributed by atoms with Crippen molar-refractivity contribution in [1.29, 1.82) is 0 Å². The van der Waals surface area contributed by atoms with Crippen LogP contribution in [0.2, 0.25) is 0 Å². The molecule has 0 bridgehead atoms. The summed E-state index contributed by atoms with van der Waals surface area (Å²) in [6.45, 7) is 0. The van der Waals surface area contributed by atoms with Gasteiger partial charge in [0, 0.05) is 10.9 Å². The molecule has 0 aliphatic carbocycles. The molecule has 5 nitrogen and oxygen atoms in total. The third-order valence-electron chi connectivity index (χ3n) is 5.21. The van der Waals surface area contributed by atoms with Crippen molar-refractivity contribution in [3.05, 3.63) is 98.8 Å². The van der Waals surface area contributed by atoms with Gasteiger partial charge in [-0.25, -0.2) is 4.79 Å². The van der Waals surface area contributed by atoms with Crippen LogP contribution in [0.3, 0.4) is 0 Å². The number of nitrogens with one attached hydrogen (secondary N) is 1. The minimum atomic E-state index is -0.600. The van der Waals surface area contributed by atoms with Crippen molar-refractivity contribution in [2.45, 2.75) is 12.5 Å². The first-order valence-electron chi connectivity index (χ1n) is 9.54. The lowest BCUT2D eigenvalue weighted by Gasteiger charge is -2.19. The maximum Gasteiger partial charge on any atom is 0.349 e. The Morgan fingerprint density at radius 3 is 2.70 bits per heavy atom. The quantitative estimate of drug-likeness (QED) is 0.363. The predicted octanol–water partition coefficient (Wildman–Crippen LogP) is 5.94. The van der Waals surface area contributed by atoms with Gasteiger partial charge in [0.15, 0.2) is 0 Å². The number of halogens is 1. The van der Waals surface area contributed by atoms with Gasteiger partial charge in [-0.3, -0.25) is 4.99 Å². The first kappa shape index (κ1) is 18.6. The van der Waals surface area contributed by atoms with E-state index in [-0.39, 0.29) is 17.4 Å². The molecule has 2 N–H and O–H groups in total. The fraction of sp³-hybridized carbons (Fsp3) is 0.0833. The summed E-state index contributed by atoms with van der Waals surface area (Å²) in [7, 11) is 0. The molecule has 1 atom stereocenters. The van der Waals surface area contributed by atoms with Gasteiger partial charge in [-0.2, -0.15) is 0 Å². The van der Waals surface area contributed by atoms with Gasteiger partial charge in [-0.05, 0) is 42.0 Å². The highest BCUT2D eigenvalue weighted by Crippen LogP contribution is 2.37. The van der Waals surface area contributed by atoms with E-state index in [0.717, 1.165) is 15.7 Å². The number of aliphatic imine (C=N–C) groups is 1. The summed E-state index contributed by atoms with van der Waals surface area (Å²) in [5.74, 6) is -0.104. The van der Waals surface area contributed by atoms with Crippen molar-refractivity contribution >= 4 is 44.0 Å². The third kappa shape index (κ3) is 3.29. The van der Waals surface area contributed by atoms with Gasteiger partial charge < -0.3 is 14.8 Å². The number of nitrogens with zero attached hydrogens (tertiary/aromatic N) is 1. The summed E-state index contributed by atoms with van der Waals surface area (Å²) in [4.78, 5) is 17.6. The smallest absolute Gasteiger partial charge is 0.349 e. The SMILES string of the molecule is O=c1oc2ccccc2c(O)c1C1=Nc2ccccc2NC(c2cccc(Br)c2)C1. The molecule has 6 heteroatoms. The Bertz CT molecular complexity index is 1360. The van der Waals surface area contributed by atoms with E-state index in [9.17, 15) is 9.90 Å². The van der Waals surface area contributed by atoms with Crippen LogP contribution in [0.5, 0.6) is 5.75 Å². The van der Waals surface area contributed by atoms with Crippen molar-refractivity contribution in [1.82, 2.24) is 0 Å². The Labute approximate surface area is 180 Å². The fourth-order valence-electron chi connectivity index (χ4n) is 3.79. The molecule has 1 aromatic heterocycles. The van der Waals surface area contributed by atoms with E-state index >= 15 is 0 Å². The number of hydrogen-bond acceptors (Lipinski definition) is 5. The molecule has 148 valence electrons. The first-order chi connectivity index (χ1) is 14.6. The highest BCUT2D eigenvalue weighted by Gasteiger charge is 2.26. The minimum Gasteiger partial charge on any atom is -0.506 e. The second-order valence-electron chi connectivity index (χ2n) is 7.14. The van der Waals surface area contributed by atoms with E-state index in [2.05, 4.69) is 21.2 Å². The van der Waals surface area contributed by atoms with Gasteiger partial charge in [-0.1, -0.05) is 52.3 Å². The second kappa shape index (κ2) is 7.46. The van der Waals surface area contributed by atoms with Crippen molar-refractivity contribution < 1.29 is 9.52 Å². The van der Waals surface area contributed by atoms with Crippen LogP contribution in [0.4, 0.5) is 11.4 Å². The maximum absolute atomic E-state index is 12.8. The molecule has 3 aromatic carbocycles. The van der Waals surface area contributed by atoms with Gasteiger partial charge in [0.05, 0.1) is 28.5 Å². The molecule has 1 aliphatic heterocycles. The normalized spacial score (nSPS) is 15.8. The molecule has 4 aromatic rings. The molecular weight excluding hydrogens is 444 g/mol. The largest absolute Gasteiger partial charge is 0.506 e. The van der Waals surface area contributed by atoms with Crippen molar-refractivity contribution in [3.63, 3.8) is 0 Å². The Hall–Kier alpha value is -3.38. The van der Waals surface area contributed by atoms with Crippen LogP contribution >= 0.6 is 15.9 Å². The average Bonchev–Trinajstić information content (AvgIpc) is 2.93. The van der Waals surface area contributed by atoms with E-state index in [1.807, 2.05) is 48.5 Å². The molecule has 30 heavy (non-hydrogen) atoms. The highest BCUT2D eigenvalue weighted by molar-refractivity contribution is 9.10. The number of hydrogen-bond donors (Lipinski definition) is 2. The molecule has 5 rings (SSSR count). The third-order valence-corrected chi connectivity index (χ3v) is 5.71. The summed E-state index contributed by atoms with van der Waals surface area (Å²) >= 11 is 3.53. The highest BCUT2D eigenvalue weighted by atomic mass is 79.9. The number of para-hydroxylation sites is 3. The van der Waals surface area contributed by atoms with E-state index in [1.165, 1.54) is 0 Å². The molecule has 0 radical (unpaired) electrons. The second-order valence-corrected chi connectivity index (χ2v) is 8.06. The number of rotatable bonds is 2. The van der Waals surface area contributed by atoms with E-state index < -0.39 is 5.63 Å². The Morgan fingerprint density at radius 1 is 1.03 bits per heavy atom. The van der Waals surface area contributed by atoms with Gasteiger partial charge >= 0.3 is 5.63 Å². The van der Waals surface area contributed by atoms with Crippen LogP contribution < -0.4 is 10.9 Å². The zero-order chi connectivity index (χ0) is 20.7. The molecular formula is C24H17BrN2O3. The van der Waals surface area contributed by atoms with Gasteiger partial charge in [0.2, 0.25) is 0 Å². The number of anilines is 1. The molecule has 0 saturated carbocycles. The predicted molar refractivity (Wildman–Crippen MR) is 122 cm³/mol. The number of fused-ring (bicyclic) bond motifs is 2. The molecule has 1 unspecified atom stereocenters. The summed E-state index contributed by atoms with van der Waals surface area (Å²) in [6, 6.07) is 22.5. The molecule has 0 fully saturated rings. The van der Waals surface area contributed by atoms with Crippen LogP contribution in [0, 0.1) is 0 Å². The molecule has 0 amide bonds. The van der Waals surface area contributed by atoms with E-state index in [4.69, 9.17) is 9.41 Å². The lowest BCUT2D eigenvalue weighted by molar-refractivity contribution is 0.466. The van der Waals surface area contributed by atoms with E-state index in [0.29, 0.717) is 28.8 Å². The molecule has 0 saturated heterocycles. The summed E-state index contributed by atoms with van der Waals surface area (Å²) in [5, 5.41) is 15.0. The topological polar surface area (TPSA) is 74.8 Å².